The van der Waals surface area contributed by atoms with Gasteiger partial charge in [-0.1, -0.05) is 12.2 Å². The van der Waals surface area contributed by atoms with Crippen LogP contribution in [0, 0.1) is 0 Å². The van der Waals surface area contributed by atoms with Gasteiger partial charge in [-0.3, -0.25) is 4.79 Å². The predicted octanol–water partition coefficient (Wildman–Crippen LogP) is -0.102. The predicted molar refractivity (Wildman–Crippen MR) is 48.7 cm³/mol. The van der Waals surface area contributed by atoms with Crippen molar-refractivity contribution in [3.63, 3.8) is 0 Å². The molecule has 0 aromatic carbocycles. The molecule has 17 heavy (non-hydrogen) atoms. The first kappa shape index (κ1) is 13.5. The first-order valence-corrected chi connectivity index (χ1v) is 4.56. The number of esters is 1. The van der Waals surface area contributed by atoms with Gasteiger partial charge in [0.2, 0.25) is 0 Å². The Morgan fingerprint density at radius 2 is 2.12 bits per heavy atom. The molecule has 0 aromatic rings. The van der Waals surface area contributed by atoms with Gasteiger partial charge in [-0.25, -0.2) is 4.79 Å². The number of hydrogen-bond donors (Lipinski definition) is 2. The highest BCUT2D eigenvalue weighted by Gasteiger charge is 2.52. The molecular formula is C9H10F3NO4. The minimum atomic E-state index is -5.14. The zero-order valence-corrected chi connectivity index (χ0v) is 8.75. The van der Waals surface area contributed by atoms with Crippen molar-refractivity contribution in [1.82, 2.24) is 5.32 Å². The van der Waals surface area contributed by atoms with Crippen molar-refractivity contribution in [3.8, 4) is 0 Å². The molecule has 0 aromatic heterocycles. The van der Waals surface area contributed by atoms with Crippen LogP contribution in [0.1, 0.15) is 6.42 Å². The molecular weight excluding hydrogens is 243 g/mol. The number of carbonyl (C=O) groups is 2. The molecule has 0 spiro atoms. The van der Waals surface area contributed by atoms with Gasteiger partial charge in [-0.05, 0) is 0 Å². The minimum Gasteiger partial charge on any atom is -0.467 e. The summed E-state index contributed by atoms with van der Waals surface area (Å²) in [5.74, 6) is -3.43. The number of methoxy groups -OCH3 is 1. The van der Waals surface area contributed by atoms with Crippen LogP contribution in [0.15, 0.2) is 12.2 Å². The normalized spacial score (nSPS) is 27.9. The second kappa shape index (κ2) is 4.36. The largest absolute Gasteiger partial charge is 0.471 e. The molecule has 2 N–H and O–H groups in total. The number of hydrogen-bond acceptors (Lipinski definition) is 4. The Bertz CT molecular complexity index is 366. The molecule has 1 rings (SSSR count). The van der Waals surface area contributed by atoms with Gasteiger partial charge in [0.15, 0.2) is 5.54 Å². The Morgan fingerprint density at radius 3 is 2.47 bits per heavy atom. The van der Waals surface area contributed by atoms with E-state index >= 15 is 0 Å². The van der Waals surface area contributed by atoms with Gasteiger partial charge in [0, 0.05) is 6.42 Å². The van der Waals surface area contributed by atoms with Crippen LogP contribution in [0.2, 0.25) is 0 Å². The Kier molecular flexibility index (Phi) is 3.46. The lowest BCUT2D eigenvalue weighted by Gasteiger charge is -2.30. The Morgan fingerprint density at radius 1 is 1.53 bits per heavy atom. The first-order chi connectivity index (χ1) is 7.74. The number of alkyl halides is 3. The molecule has 2 atom stereocenters. The van der Waals surface area contributed by atoms with Crippen LogP contribution in [0.3, 0.4) is 0 Å². The minimum absolute atomic E-state index is 0.261. The summed E-state index contributed by atoms with van der Waals surface area (Å²) in [4.78, 5) is 22.2. The van der Waals surface area contributed by atoms with Crippen molar-refractivity contribution in [2.75, 3.05) is 7.11 Å². The number of amides is 1. The molecule has 0 bridgehead atoms. The third kappa shape index (κ3) is 2.41. The maximum Gasteiger partial charge on any atom is 0.471 e. The first-order valence-electron chi connectivity index (χ1n) is 4.56. The standard InChI is InChI=1S/C9H10F3NO4/c1-17-7(16)8(4-2-3-5(8)14)13-6(15)9(10,11)12/h2-3,5,14H,4H2,1H3,(H,13,15)/t5-,8+/m0/s1. The van der Waals surface area contributed by atoms with Crippen LogP contribution < -0.4 is 5.32 Å². The molecule has 1 aliphatic carbocycles. The molecule has 96 valence electrons. The highest BCUT2D eigenvalue weighted by molar-refractivity contribution is 5.91. The average molecular weight is 253 g/mol. The van der Waals surface area contributed by atoms with Gasteiger partial charge in [0.1, 0.15) is 6.10 Å². The van der Waals surface area contributed by atoms with Gasteiger partial charge < -0.3 is 15.2 Å². The second-order valence-electron chi connectivity index (χ2n) is 3.49. The van der Waals surface area contributed by atoms with Gasteiger partial charge in [0.05, 0.1) is 7.11 Å². The summed E-state index contributed by atoms with van der Waals surface area (Å²) < 4.78 is 40.6. The van der Waals surface area contributed by atoms with E-state index in [1.807, 2.05) is 0 Å². The molecule has 5 nitrogen and oxygen atoms in total. The van der Waals surface area contributed by atoms with E-state index in [4.69, 9.17) is 0 Å². The highest BCUT2D eigenvalue weighted by Crippen LogP contribution is 2.27. The van der Waals surface area contributed by atoms with Crippen LogP contribution in [0.5, 0.6) is 0 Å². The summed E-state index contributed by atoms with van der Waals surface area (Å²) in [6.07, 6.45) is -4.54. The van der Waals surface area contributed by atoms with Gasteiger partial charge in [-0.2, -0.15) is 13.2 Å². The smallest absolute Gasteiger partial charge is 0.467 e. The zero-order chi connectivity index (χ0) is 13.3. The van der Waals surface area contributed by atoms with Crippen LogP contribution in [-0.2, 0) is 14.3 Å². The molecule has 0 saturated heterocycles. The molecule has 0 fully saturated rings. The van der Waals surface area contributed by atoms with E-state index in [0.717, 1.165) is 13.2 Å². The Labute approximate surface area is 94.2 Å². The maximum absolute atomic E-state index is 12.1. The number of ether oxygens (including phenoxy) is 1. The van der Waals surface area contributed by atoms with Crippen molar-refractivity contribution in [2.45, 2.75) is 24.2 Å². The van der Waals surface area contributed by atoms with E-state index in [2.05, 4.69) is 4.74 Å². The third-order valence-electron chi connectivity index (χ3n) is 2.41. The van der Waals surface area contributed by atoms with Crippen LogP contribution in [0.25, 0.3) is 0 Å². The maximum atomic E-state index is 12.1. The monoisotopic (exact) mass is 253 g/mol. The number of rotatable bonds is 2. The lowest BCUT2D eigenvalue weighted by molar-refractivity contribution is -0.179. The summed E-state index contributed by atoms with van der Waals surface area (Å²) in [6.45, 7) is 0. The van der Waals surface area contributed by atoms with Gasteiger partial charge in [0.25, 0.3) is 0 Å². The lowest BCUT2D eigenvalue weighted by Crippen LogP contribution is -2.62. The van der Waals surface area contributed by atoms with Crippen molar-refractivity contribution >= 4 is 11.9 Å². The second-order valence-corrected chi connectivity index (χ2v) is 3.49. The topological polar surface area (TPSA) is 75.6 Å². The lowest BCUT2D eigenvalue weighted by atomic mass is 9.94. The van der Waals surface area contributed by atoms with Crippen LogP contribution in [0.4, 0.5) is 13.2 Å². The molecule has 0 heterocycles. The van der Waals surface area contributed by atoms with Crippen molar-refractivity contribution < 1.29 is 32.6 Å². The summed E-state index contributed by atoms with van der Waals surface area (Å²) >= 11 is 0. The molecule has 1 aliphatic rings. The molecule has 0 aliphatic heterocycles. The van der Waals surface area contributed by atoms with Gasteiger partial charge in [-0.15, -0.1) is 0 Å². The summed E-state index contributed by atoms with van der Waals surface area (Å²) in [7, 11) is 0.953. The molecule has 0 unspecified atom stereocenters. The molecule has 0 saturated carbocycles. The van der Waals surface area contributed by atoms with E-state index < -0.39 is 29.7 Å². The number of aliphatic hydroxyl groups excluding tert-OH is 1. The summed E-state index contributed by atoms with van der Waals surface area (Å²) in [5, 5.41) is 11.0. The van der Waals surface area contributed by atoms with Crippen LogP contribution in [-0.4, -0.2) is 41.9 Å². The summed E-state index contributed by atoms with van der Waals surface area (Å²) in [6, 6.07) is 0. The summed E-state index contributed by atoms with van der Waals surface area (Å²) in [5.41, 5.74) is -2.10. The zero-order valence-electron chi connectivity index (χ0n) is 8.75. The number of aliphatic hydroxyl groups is 1. The quantitative estimate of drug-likeness (QED) is 0.532. The number of carbonyl (C=O) groups excluding carboxylic acids is 2. The highest BCUT2D eigenvalue weighted by atomic mass is 19.4. The van der Waals surface area contributed by atoms with Crippen molar-refractivity contribution in [1.29, 1.82) is 0 Å². The average Bonchev–Trinajstić information content (AvgIpc) is 2.59. The Balaban J connectivity index is 2.95. The molecule has 1 amide bonds. The molecule has 8 heteroatoms. The van der Waals surface area contributed by atoms with Crippen molar-refractivity contribution in [3.05, 3.63) is 12.2 Å². The number of nitrogens with one attached hydrogen (secondary N) is 1. The fourth-order valence-electron chi connectivity index (χ4n) is 1.50. The van der Waals surface area contributed by atoms with E-state index in [1.165, 1.54) is 11.4 Å². The fraction of sp³-hybridized carbons (Fsp3) is 0.556. The van der Waals surface area contributed by atoms with Crippen molar-refractivity contribution in [2.24, 2.45) is 0 Å². The Hall–Kier alpha value is -1.57. The molecule has 0 radical (unpaired) electrons. The van der Waals surface area contributed by atoms with E-state index in [-0.39, 0.29) is 6.42 Å². The van der Waals surface area contributed by atoms with Crippen LogP contribution >= 0.6 is 0 Å². The van der Waals surface area contributed by atoms with E-state index in [1.54, 1.807) is 0 Å². The van der Waals surface area contributed by atoms with E-state index in [9.17, 15) is 27.9 Å². The fourth-order valence-corrected chi connectivity index (χ4v) is 1.50. The van der Waals surface area contributed by atoms with E-state index in [0.29, 0.717) is 0 Å². The third-order valence-corrected chi connectivity index (χ3v) is 2.41. The SMILES string of the molecule is COC(=O)[C@@]1(NC(=O)C(F)(F)F)CC=C[C@@H]1O. The number of halogens is 3. The van der Waals surface area contributed by atoms with Gasteiger partial charge >= 0.3 is 18.1 Å².